The monoisotopic (exact) mass is 347 g/mol. The van der Waals surface area contributed by atoms with E-state index in [4.69, 9.17) is 21.2 Å². The van der Waals surface area contributed by atoms with E-state index in [0.29, 0.717) is 0 Å². The van der Waals surface area contributed by atoms with Gasteiger partial charge >= 0.3 is 21.0 Å². The maximum atomic E-state index is 8.52. The Bertz CT molecular complexity index is 627. The van der Waals surface area contributed by atoms with Crippen molar-refractivity contribution in [2.24, 2.45) is 0 Å². The van der Waals surface area contributed by atoms with Crippen molar-refractivity contribution in [1.29, 1.82) is 0 Å². The summed E-state index contributed by atoms with van der Waals surface area (Å²) < 4.78 is 42.3. The van der Waals surface area contributed by atoms with Crippen LogP contribution in [0.4, 0.5) is 0 Å². The summed E-state index contributed by atoms with van der Waals surface area (Å²) in [6.45, 7) is 4.11. The second kappa shape index (κ2) is 9.48. The van der Waals surface area contributed by atoms with Crippen LogP contribution in [0.15, 0.2) is 36.7 Å². The molecular formula is C12H12N2O5SV. The molecule has 7 nitrogen and oxygen atoms in total. The van der Waals surface area contributed by atoms with Crippen LogP contribution in [0.3, 0.4) is 0 Å². The molecule has 2 heterocycles. The van der Waals surface area contributed by atoms with Crippen LogP contribution in [-0.2, 0) is 31.4 Å². The summed E-state index contributed by atoms with van der Waals surface area (Å²) in [6, 6.07) is 8.06. The standard InChI is InChI=1S/C12H12N2.H2O4S.O.V/c1-9-3-5-13-11(7-9)12-8-10(2)4-6-14-12;1-5(2,3)4;;/h3-8H,1-2H3;(H2,1,2,3,4);;/q;;;+2/p-2. The molecule has 0 saturated carbocycles. The fourth-order valence-corrected chi connectivity index (χ4v) is 1.35. The first kappa shape index (κ1) is 19.6. The normalized spacial score (nSPS) is 9.81. The number of nitrogens with zero attached hydrogens (tertiary/aromatic N) is 2. The quantitative estimate of drug-likeness (QED) is 0.562. The minimum absolute atomic E-state index is 0.939. The van der Waals surface area contributed by atoms with E-state index >= 15 is 0 Å². The van der Waals surface area contributed by atoms with E-state index in [1.807, 2.05) is 36.7 Å². The summed E-state index contributed by atoms with van der Waals surface area (Å²) in [5.41, 5.74) is 4.29. The molecule has 0 aliphatic heterocycles. The number of aryl methyl sites for hydroxylation is 2. The first-order valence-electron chi connectivity index (χ1n) is 5.46. The fourth-order valence-electron chi connectivity index (χ4n) is 1.35. The van der Waals surface area contributed by atoms with E-state index in [-0.39, 0.29) is 0 Å². The van der Waals surface area contributed by atoms with Gasteiger partial charge in [0.15, 0.2) is 0 Å². The van der Waals surface area contributed by atoms with Gasteiger partial charge in [-0.25, -0.2) is 0 Å². The van der Waals surface area contributed by atoms with Crippen LogP contribution in [0.25, 0.3) is 11.4 Å². The van der Waals surface area contributed by atoms with Crippen LogP contribution in [-0.4, -0.2) is 27.5 Å². The average Bonchev–Trinajstić information content (AvgIpc) is 2.39. The SMILES string of the molecule is Cc1ccnc(-c2cc(C)ccn2)c1.O=S(=O)([O-])[O-].[O]=[V+2]. The Labute approximate surface area is 132 Å². The van der Waals surface area contributed by atoms with Crippen molar-refractivity contribution >= 4 is 10.4 Å². The third-order valence-electron chi connectivity index (χ3n) is 2.09. The van der Waals surface area contributed by atoms with Gasteiger partial charge in [-0.2, -0.15) is 0 Å². The van der Waals surface area contributed by atoms with Gasteiger partial charge in [-0.15, -0.1) is 0 Å². The van der Waals surface area contributed by atoms with E-state index in [1.165, 1.54) is 11.1 Å². The van der Waals surface area contributed by atoms with Crippen LogP contribution in [0.1, 0.15) is 11.1 Å². The summed E-state index contributed by atoms with van der Waals surface area (Å²) in [7, 11) is -5.17. The molecule has 2 aromatic rings. The topological polar surface area (TPSA) is 123 Å². The summed E-state index contributed by atoms with van der Waals surface area (Å²) >= 11 is 1.06. The van der Waals surface area contributed by atoms with Gasteiger partial charge in [-0.1, -0.05) is 0 Å². The zero-order chi connectivity index (χ0) is 16.5. The van der Waals surface area contributed by atoms with Gasteiger partial charge in [-0.05, 0) is 49.2 Å². The molecule has 0 atom stereocenters. The van der Waals surface area contributed by atoms with Gasteiger partial charge in [-0.3, -0.25) is 18.4 Å². The Kier molecular flexibility index (Phi) is 8.83. The first-order valence-corrected chi connectivity index (χ1v) is 7.37. The third-order valence-corrected chi connectivity index (χ3v) is 2.09. The van der Waals surface area contributed by atoms with Crippen molar-refractivity contribution in [2.75, 3.05) is 0 Å². The predicted octanol–water partition coefficient (Wildman–Crippen LogP) is 1.30. The zero-order valence-electron chi connectivity index (χ0n) is 11.3. The van der Waals surface area contributed by atoms with E-state index in [9.17, 15) is 0 Å². The van der Waals surface area contributed by atoms with Crippen molar-refractivity contribution < 1.29 is 38.6 Å². The van der Waals surface area contributed by atoms with Gasteiger partial charge in [0.05, 0.1) is 11.4 Å². The predicted molar refractivity (Wildman–Crippen MR) is 68.1 cm³/mol. The second-order valence-corrected chi connectivity index (χ2v) is 4.66. The number of pyridine rings is 2. The first-order chi connectivity index (χ1) is 9.75. The van der Waals surface area contributed by atoms with E-state index < -0.39 is 10.4 Å². The molecule has 0 spiro atoms. The van der Waals surface area contributed by atoms with Gasteiger partial charge < -0.3 is 9.11 Å². The third kappa shape index (κ3) is 10.00. The second-order valence-electron chi connectivity index (χ2n) is 3.85. The Balaban J connectivity index is 0.000000489. The van der Waals surface area contributed by atoms with Gasteiger partial charge in [0.2, 0.25) is 0 Å². The number of hydrogen-bond acceptors (Lipinski definition) is 7. The van der Waals surface area contributed by atoms with Crippen LogP contribution in [0, 0.1) is 13.8 Å². The molecule has 0 unspecified atom stereocenters. The zero-order valence-corrected chi connectivity index (χ0v) is 13.5. The van der Waals surface area contributed by atoms with Crippen molar-refractivity contribution in [3.05, 3.63) is 47.8 Å². The van der Waals surface area contributed by atoms with Crippen LogP contribution in [0.5, 0.6) is 0 Å². The van der Waals surface area contributed by atoms with Crippen LogP contribution >= 0.6 is 0 Å². The molecular weight excluding hydrogens is 335 g/mol. The molecule has 0 aliphatic rings. The van der Waals surface area contributed by atoms with Gasteiger partial charge in [0.25, 0.3) is 0 Å². The molecule has 0 fully saturated rings. The molecule has 9 heteroatoms. The molecule has 111 valence electrons. The Morgan fingerprint density at radius 3 is 1.43 bits per heavy atom. The minimum atomic E-state index is -5.17. The molecule has 0 radical (unpaired) electrons. The Morgan fingerprint density at radius 1 is 0.905 bits per heavy atom. The van der Waals surface area contributed by atoms with Crippen molar-refractivity contribution in [3.8, 4) is 11.4 Å². The Morgan fingerprint density at radius 2 is 1.19 bits per heavy atom. The average molecular weight is 347 g/mol. The van der Waals surface area contributed by atoms with E-state index in [1.54, 1.807) is 0 Å². The molecule has 0 aromatic carbocycles. The van der Waals surface area contributed by atoms with E-state index in [2.05, 4.69) is 23.8 Å². The molecule has 2 rings (SSSR count). The van der Waals surface area contributed by atoms with E-state index in [0.717, 1.165) is 28.8 Å². The molecule has 0 aliphatic carbocycles. The maximum absolute atomic E-state index is 8.52. The van der Waals surface area contributed by atoms with Gasteiger partial charge in [0, 0.05) is 22.8 Å². The molecule has 2 aromatic heterocycles. The van der Waals surface area contributed by atoms with Gasteiger partial charge in [0.1, 0.15) is 0 Å². The van der Waals surface area contributed by atoms with Crippen molar-refractivity contribution in [2.45, 2.75) is 13.8 Å². The number of rotatable bonds is 1. The van der Waals surface area contributed by atoms with Crippen LogP contribution < -0.4 is 0 Å². The molecule has 0 saturated heterocycles. The summed E-state index contributed by atoms with van der Waals surface area (Å²) in [5, 5.41) is 0. The molecule has 0 N–H and O–H groups in total. The van der Waals surface area contributed by atoms with Crippen molar-refractivity contribution in [3.63, 3.8) is 0 Å². The molecule has 0 bridgehead atoms. The molecule has 0 amide bonds. The summed E-state index contributed by atoms with van der Waals surface area (Å²) in [4.78, 5) is 8.58. The van der Waals surface area contributed by atoms with Crippen LogP contribution in [0.2, 0.25) is 0 Å². The Hall–Kier alpha value is -1.45. The number of hydrogen-bond donors (Lipinski definition) is 0. The summed E-state index contributed by atoms with van der Waals surface area (Å²) in [5.74, 6) is 0. The number of aromatic nitrogens is 2. The summed E-state index contributed by atoms with van der Waals surface area (Å²) in [6.07, 6.45) is 3.63. The molecule has 21 heavy (non-hydrogen) atoms. The van der Waals surface area contributed by atoms with Crippen molar-refractivity contribution in [1.82, 2.24) is 9.97 Å². The fraction of sp³-hybridized carbons (Fsp3) is 0.167.